The van der Waals surface area contributed by atoms with Crippen LogP contribution in [0.15, 0.2) is 77.9 Å². The average Bonchev–Trinajstić information content (AvgIpc) is 2.83. The predicted octanol–water partition coefficient (Wildman–Crippen LogP) is 3.37. The van der Waals surface area contributed by atoms with Gasteiger partial charge in [-0.25, -0.2) is 5.43 Å². The number of hydrazone groups is 1. The highest BCUT2D eigenvalue weighted by atomic mass is 16.5. The number of anilines is 1. The molecule has 0 saturated heterocycles. The molecule has 164 valence electrons. The quantitative estimate of drug-likeness (QED) is 0.322. The first kappa shape index (κ1) is 22.4. The van der Waals surface area contributed by atoms with Gasteiger partial charge < -0.3 is 19.5 Å². The minimum atomic E-state index is -0.928. The molecular formula is C24H23N3O5. The molecule has 0 aliphatic carbocycles. The smallest absolute Gasteiger partial charge is 0.329 e. The van der Waals surface area contributed by atoms with Crippen LogP contribution in [0.1, 0.15) is 11.1 Å². The highest BCUT2D eigenvalue weighted by Crippen LogP contribution is 2.28. The van der Waals surface area contributed by atoms with Crippen molar-refractivity contribution in [3.8, 4) is 17.2 Å². The van der Waals surface area contributed by atoms with Crippen molar-refractivity contribution in [2.45, 2.75) is 6.61 Å². The van der Waals surface area contributed by atoms with Gasteiger partial charge in [-0.2, -0.15) is 5.10 Å². The number of carbonyl (C=O) groups is 2. The lowest BCUT2D eigenvalue weighted by atomic mass is 10.2. The Morgan fingerprint density at radius 3 is 2.44 bits per heavy atom. The normalized spacial score (nSPS) is 10.4. The molecule has 0 unspecified atom stereocenters. The van der Waals surface area contributed by atoms with Gasteiger partial charge in [0.2, 0.25) is 0 Å². The molecular weight excluding hydrogens is 410 g/mol. The van der Waals surface area contributed by atoms with Crippen molar-refractivity contribution >= 4 is 23.7 Å². The molecule has 0 fully saturated rings. The fourth-order valence-electron chi connectivity index (χ4n) is 2.73. The topological polar surface area (TPSA) is 98.2 Å². The van der Waals surface area contributed by atoms with Gasteiger partial charge in [-0.05, 0) is 35.4 Å². The van der Waals surface area contributed by atoms with Crippen LogP contribution in [0.3, 0.4) is 0 Å². The minimum Gasteiger partial charge on any atom is -0.497 e. The van der Waals surface area contributed by atoms with E-state index >= 15 is 0 Å². The molecule has 3 aromatic rings. The molecule has 3 rings (SSSR count). The molecule has 0 saturated carbocycles. The second kappa shape index (κ2) is 11.2. The molecule has 0 spiro atoms. The Hall–Kier alpha value is -4.33. The first-order valence-electron chi connectivity index (χ1n) is 9.72. The molecule has 8 nitrogen and oxygen atoms in total. The number of hydrogen-bond donors (Lipinski definition) is 2. The molecule has 8 heteroatoms. The van der Waals surface area contributed by atoms with Crippen molar-refractivity contribution < 1.29 is 23.8 Å². The summed E-state index contributed by atoms with van der Waals surface area (Å²) in [7, 11) is 2.95. The van der Waals surface area contributed by atoms with Gasteiger partial charge in [-0.3, -0.25) is 9.59 Å². The SMILES string of the molecule is COc1ccc(OC)c(NC(=O)C(=O)N/N=C\c2cccc(OCc3ccccc3)c2)c1. The largest absolute Gasteiger partial charge is 0.497 e. The van der Waals surface area contributed by atoms with Crippen LogP contribution in [-0.2, 0) is 16.2 Å². The number of benzene rings is 3. The van der Waals surface area contributed by atoms with Crippen LogP contribution in [0.4, 0.5) is 5.69 Å². The van der Waals surface area contributed by atoms with E-state index < -0.39 is 11.8 Å². The highest BCUT2D eigenvalue weighted by Gasteiger charge is 2.16. The summed E-state index contributed by atoms with van der Waals surface area (Å²) >= 11 is 0. The number of ether oxygens (including phenoxy) is 3. The maximum atomic E-state index is 12.2. The summed E-state index contributed by atoms with van der Waals surface area (Å²) in [5.41, 5.74) is 4.26. The molecule has 2 amide bonds. The Balaban J connectivity index is 1.55. The molecule has 2 N–H and O–H groups in total. The van der Waals surface area contributed by atoms with E-state index in [1.807, 2.05) is 42.5 Å². The Labute approximate surface area is 185 Å². The highest BCUT2D eigenvalue weighted by molar-refractivity contribution is 6.39. The number of amides is 2. The zero-order chi connectivity index (χ0) is 22.8. The molecule has 0 radical (unpaired) electrons. The van der Waals surface area contributed by atoms with Crippen molar-refractivity contribution in [1.82, 2.24) is 5.43 Å². The van der Waals surface area contributed by atoms with E-state index in [1.54, 1.807) is 30.3 Å². The van der Waals surface area contributed by atoms with Crippen molar-refractivity contribution in [3.63, 3.8) is 0 Å². The zero-order valence-electron chi connectivity index (χ0n) is 17.7. The zero-order valence-corrected chi connectivity index (χ0v) is 17.7. The second-order valence-corrected chi connectivity index (χ2v) is 6.57. The molecule has 32 heavy (non-hydrogen) atoms. The summed E-state index contributed by atoms with van der Waals surface area (Å²) in [6.45, 7) is 0.437. The van der Waals surface area contributed by atoms with Gasteiger partial charge in [0.15, 0.2) is 0 Å². The third kappa shape index (κ3) is 6.33. The number of rotatable bonds is 8. The van der Waals surface area contributed by atoms with Gasteiger partial charge in [0.25, 0.3) is 0 Å². The number of hydrogen-bond acceptors (Lipinski definition) is 6. The third-order valence-corrected chi connectivity index (χ3v) is 4.35. The fraction of sp³-hybridized carbons (Fsp3) is 0.125. The van der Waals surface area contributed by atoms with Crippen LogP contribution in [0.25, 0.3) is 0 Å². The van der Waals surface area contributed by atoms with E-state index in [4.69, 9.17) is 14.2 Å². The Kier molecular flexibility index (Phi) is 7.80. The van der Waals surface area contributed by atoms with E-state index in [0.29, 0.717) is 35.1 Å². The Morgan fingerprint density at radius 2 is 1.69 bits per heavy atom. The summed E-state index contributed by atoms with van der Waals surface area (Å²) in [5, 5.41) is 6.32. The summed E-state index contributed by atoms with van der Waals surface area (Å²) in [5.74, 6) is -0.264. The number of carbonyl (C=O) groups excluding carboxylic acids is 2. The summed E-state index contributed by atoms with van der Waals surface area (Å²) in [4.78, 5) is 24.3. The van der Waals surface area contributed by atoms with Crippen LogP contribution in [0.2, 0.25) is 0 Å². The first-order valence-corrected chi connectivity index (χ1v) is 9.72. The van der Waals surface area contributed by atoms with Crippen LogP contribution in [0, 0.1) is 0 Å². The summed E-state index contributed by atoms with van der Waals surface area (Å²) in [6, 6.07) is 21.9. The van der Waals surface area contributed by atoms with E-state index in [0.717, 1.165) is 5.56 Å². The summed E-state index contributed by atoms with van der Waals surface area (Å²) in [6.07, 6.45) is 1.42. The van der Waals surface area contributed by atoms with E-state index in [9.17, 15) is 9.59 Å². The molecule has 0 atom stereocenters. The monoisotopic (exact) mass is 433 g/mol. The van der Waals surface area contributed by atoms with Crippen LogP contribution in [-0.4, -0.2) is 32.2 Å². The van der Waals surface area contributed by atoms with E-state index in [-0.39, 0.29) is 0 Å². The molecule has 0 heterocycles. The minimum absolute atomic E-state index is 0.305. The van der Waals surface area contributed by atoms with Gasteiger partial charge >= 0.3 is 11.8 Å². The summed E-state index contributed by atoms with van der Waals surface area (Å²) < 4.78 is 16.1. The van der Waals surface area contributed by atoms with Gasteiger partial charge in [-0.15, -0.1) is 0 Å². The van der Waals surface area contributed by atoms with Crippen molar-refractivity contribution in [3.05, 3.63) is 83.9 Å². The lowest BCUT2D eigenvalue weighted by molar-refractivity contribution is -0.136. The molecule has 3 aromatic carbocycles. The van der Waals surface area contributed by atoms with Gasteiger partial charge in [0.1, 0.15) is 23.9 Å². The first-order chi connectivity index (χ1) is 15.6. The van der Waals surface area contributed by atoms with Crippen molar-refractivity contribution in [2.75, 3.05) is 19.5 Å². The second-order valence-electron chi connectivity index (χ2n) is 6.57. The standard InChI is InChI=1S/C24H23N3O5/c1-30-19-11-12-22(31-2)21(14-19)26-23(28)24(29)27-25-15-18-9-6-10-20(13-18)32-16-17-7-4-3-5-8-17/h3-15H,16H2,1-2H3,(H,26,28)(H,27,29)/b25-15-. The van der Waals surface area contributed by atoms with Gasteiger partial charge in [0, 0.05) is 6.07 Å². The van der Waals surface area contributed by atoms with Gasteiger partial charge in [0.05, 0.1) is 26.1 Å². The molecule has 0 aliphatic heterocycles. The Bertz CT molecular complexity index is 1100. The van der Waals surface area contributed by atoms with Crippen LogP contribution < -0.4 is 25.0 Å². The molecule has 0 bridgehead atoms. The maximum absolute atomic E-state index is 12.2. The van der Waals surface area contributed by atoms with Crippen molar-refractivity contribution in [2.24, 2.45) is 5.10 Å². The van der Waals surface area contributed by atoms with Crippen molar-refractivity contribution in [1.29, 1.82) is 0 Å². The van der Waals surface area contributed by atoms with E-state index in [2.05, 4.69) is 15.8 Å². The third-order valence-electron chi connectivity index (χ3n) is 4.35. The van der Waals surface area contributed by atoms with E-state index in [1.165, 1.54) is 20.4 Å². The lowest BCUT2D eigenvalue weighted by Crippen LogP contribution is -2.32. The molecule has 0 aliphatic rings. The fourth-order valence-corrected chi connectivity index (χ4v) is 2.73. The van der Waals surface area contributed by atoms with Crippen LogP contribution in [0.5, 0.6) is 17.2 Å². The number of nitrogens with zero attached hydrogens (tertiary/aromatic N) is 1. The van der Waals surface area contributed by atoms with Crippen LogP contribution >= 0.6 is 0 Å². The average molecular weight is 433 g/mol. The van der Waals surface area contributed by atoms with Gasteiger partial charge in [-0.1, -0.05) is 42.5 Å². The number of nitrogens with one attached hydrogen (secondary N) is 2. The Morgan fingerprint density at radius 1 is 0.875 bits per heavy atom. The lowest BCUT2D eigenvalue weighted by Gasteiger charge is -2.11. The number of methoxy groups -OCH3 is 2. The maximum Gasteiger partial charge on any atom is 0.329 e. The predicted molar refractivity (Wildman–Crippen MR) is 121 cm³/mol. The molecule has 0 aromatic heterocycles.